The van der Waals surface area contributed by atoms with Gasteiger partial charge in [0.15, 0.2) is 5.43 Å². The Morgan fingerprint density at radius 2 is 2.25 bits per heavy atom. The molecule has 1 N–H and O–H groups in total. The lowest BCUT2D eigenvalue weighted by atomic mass is 10.1. The number of H-pyrrole nitrogens is 1. The second-order valence-electron chi connectivity index (χ2n) is 3.41. The van der Waals surface area contributed by atoms with Gasteiger partial charge in [0, 0.05) is 22.7 Å². The number of nitriles is 1. The van der Waals surface area contributed by atoms with Crippen LogP contribution in [0.3, 0.4) is 0 Å². The molecule has 2 aromatic rings. The predicted molar refractivity (Wildman–Crippen MR) is 60.4 cm³/mol. The van der Waals surface area contributed by atoms with Crippen molar-refractivity contribution in [1.82, 2.24) is 4.98 Å². The number of aromatic nitrogens is 1. The molecule has 0 atom stereocenters. The molecule has 1 aromatic heterocycles. The zero-order chi connectivity index (χ0) is 11.5. The highest BCUT2D eigenvalue weighted by molar-refractivity contribution is 5.80. The first-order chi connectivity index (χ1) is 7.74. The van der Waals surface area contributed by atoms with Crippen molar-refractivity contribution in [3.63, 3.8) is 0 Å². The van der Waals surface area contributed by atoms with Gasteiger partial charge >= 0.3 is 0 Å². The third-order valence-corrected chi connectivity index (χ3v) is 2.36. The van der Waals surface area contributed by atoms with Gasteiger partial charge in [-0.05, 0) is 18.2 Å². The van der Waals surface area contributed by atoms with Crippen LogP contribution in [0.4, 0.5) is 0 Å². The lowest BCUT2D eigenvalue weighted by Gasteiger charge is -2.03. The third kappa shape index (κ3) is 1.75. The van der Waals surface area contributed by atoms with Gasteiger partial charge in [-0.15, -0.1) is 0 Å². The van der Waals surface area contributed by atoms with Gasteiger partial charge in [-0.1, -0.05) is 0 Å². The molecule has 2 rings (SSSR count). The fourth-order valence-corrected chi connectivity index (χ4v) is 1.59. The normalized spacial score (nSPS) is 10.0. The topological polar surface area (TPSA) is 65.9 Å². The third-order valence-electron chi connectivity index (χ3n) is 2.36. The second-order valence-corrected chi connectivity index (χ2v) is 3.41. The summed E-state index contributed by atoms with van der Waals surface area (Å²) in [6.45, 7) is 0. The fraction of sp³-hybridized carbons (Fsp3) is 0.167. The maximum Gasteiger partial charge on any atom is 0.189 e. The molecular formula is C12H10N2O2. The van der Waals surface area contributed by atoms with Crippen LogP contribution in [0.5, 0.6) is 5.75 Å². The van der Waals surface area contributed by atoms with Crippen LogP contribution >= 0.6 is 0 Å². The maximum absolute atomic E-state index is 11.8. The van der Waals surface area contributed by atoms with E-state index in [-0.39, 0.29) is 11.8 Å². The number of nitrogens with one attached hydrogen (secondary N) is 1. The maximum atomic E-state index is 11.8. The minimum Gasteiger partial charge on any atom is -0.497 e. The number of fused-ring (bicyclic) bond motifs is 1. The quantitative estimate of drug-likeness (QED) is 0.825. The second kappa shape index (κ2) is 4.07. The number of hydrogen-bond donors (Lipinski definition) is 1. The van der Waals surface area contributed by atoms with Crippen molar-refractivity contribution < 1.29 is 4.74 Å². The molecule has 0 radical (unpaired) electrons. The van der Waals surface area contributed by atoms with E-state index in [0.717, 1.165) is 5.52 Å². The molecule has 1 aromatic carbocycles. The lowest BCUT2D eigenvalue weighted by Crippen LogP contribution is -2.05. The molecule has 0 fully saturated rings. The van der Waals surface area contributed by atoms with Gasteiger partial charge in [0.1, 0.15) is 5.75 Å². The summed E-state index contributed by atoms with van der Waals surface area (Å²) in [4.78, 5) is 14.8. The number of hydrogen-bond acceptors (Lipinski definition) is 3. The van der Waals surface area contributed by atoms with Crippen LogP contribution in [0.1, 0.15) is 5.69 Å². The van der Waals surface area contributed by atoms with Crippen molar-refractivity contribution in [2.75, 3.05) is 7.11 Å². The molecule has 0 aliphatic heterocycles. The van der Waals surface area contributed by atoms with E-state index in [2.05, 4.69) is 4.98 Å². The summed E-state index contributed by atoms with van der Waals surface area (Å²) in [5.41, 5.74) is 1.25. The summed E-state index contributed by atoms with van der Waals surface area (Å²) < 4.78 is 5.05. The molecule has 1 heterocycles. The van der Waals surface area contributed by atoms with Crippen molar-refractivity contribution in [2.45, 2.75) is 6.42 Å². The summed E-state index contributed by atoms with van der Waals surface area (Å²) in [7, 11) is 1.55. The zero-order valence-electron chi connectivity index (χ0n) is 8.78. The molecule has 0 saturated carbocycles. The monoisotopic (exact) mass is 214 g/mol. The molecule has 0 spiro atoms. The van der Waals surface area contributed by atoms with E-state index < -0.39 is 0 Å². The SMILES string of the molecule is COc1ccc2[nH]c(CC#N)cc(=O)c2c1. The van der Waals surface area contributed by atoms with Gasteiger partial charge in [0.05, 0.1) is 19.6 Å². The molecule has 80 valence electrons. The molecule has 0 amide bonds. The van der Waals surface area contributed by atoms with Crippen LogP contribution in [0.2, 0.25) is 0 Å². The van der Waals surface area contributed by atoms with E-state index in [0.29, 0.717) is 16.8 Å². The van der Waals surface area contributed by atoms with E-state index in [9.17, 15) is 4.79 Å². The van der Waals surface area contributed by atoms with Crippen LogP contribution in [0, 0.1) is 11.3 Å². The number of ether oxygens (including phenoxy) is 1. The average molecular weight is 214 g/mol. The smallest absolute Gasteiger partial charge is 0.189 e. The van der Waals surface area contributed by atoms with Gasteiger partial charge in [-0.25, -0.2) is 0 Å². The molecule has 16 heavy (non-hydrogen) atoms. The van der Waals surface area contributed by atoms with E-state index in [4.69, 9.17) is 10.00 Å². The molecule has 4 nitrogen and oxygen atoms in total. The van der Waals surface area contributed by atoms with Crippen molar-refractivity contribution in [1.29, 1.82) is 5.26 Å². The Kier molecular flexibility index (Phi) is 2.61. The summed E-state index contributed by atoms with van der Waals surface area (Å²) in [5, 5.41) is 9.14. The first-order valence-electron chi connectivity index (χ1n) is 4.81. The minimum absolute atomic E-state index is 0.0992. The molecular weight excluding hydrogens is 204 g/mol. The number of nitrogens with zero attached hydrogens (tertiary/aromatic N) is 1. The van der Waals surface area contributed by atoms with Gasteiger partial charge in [-0.3, -0.25) is 4.79 Å². The van der Waals surface area contributed by atoms with Crippen LogP contribution in [-0.4, -0.2) is 12.1 Å². The van der Waals surface area contributed by atoms with Crippen LogP contribution in [0.15, 0.2) is 29.1 Å². The first kappa shape index (κ1) is 10.2. The molecule has 4 heteroatoms. The average Bonchev–Trinajstić information content (AvgIpc) is 2.29. The lowest BCUT2D eigenvalue weighted by molar-refractivity contribution is 0.415. The van der Waals surface area contributed by atoms with Crippen LogP contribution in [-0.2, 0) is 6.42 Å². The Bertz CT molecular complexity index is 623. The number of aromatic amines is 1. The summed E-state index contributed by atoms with van der Waals surface area (Å²) in [6, 6.07) is 8.68. The molecule has 0 saturated heterocycles. The van der Waals surface area contributed by atoms with Crippen LogP contribution < -0.4 is 10.2 Å². The standard InChI is InChI=1S/C12H10N2O2/c1-16-9-2-3-11-10(7-9)12(15)6-8(14-11)4-5-13/h2-3,6-7H,4H2,1H3,(H,14,15). The van der Waals surface area contributed by atoms with Gasteiger partial charge in [0.25, 0.3) is 0 Å². The molecule has 0 aliphatic carbocycles. The largest absolute Gasteiger partial charge is 0.497 e. The van der Waals surface area contributed by atoms with E-state index >= 15 is 0 Å². The highest BCUT2D eigenvalue weighted by Gasteiger charge is 2.03. The van der Waals surface area contributed by atoms with Crippen LogP contribution in [0.25, 0.3) is 10.9 Å². The Hall–Kier alpha value is -2.28. The summed E-state index contributed by atoms with van der Waals surface area (Å²) in [5.74, 6) is 0.644. The van der Waals surface area contributed by atoms with E-state index in [1.807, 2.05) is 6.07 Å². The Labute approximate surface area is 92.1 Å². The zero-order valence-corrected chi connectivity index (χ0v) is 8.78. The minimum atomic E-state index is -0.0992. The summed E-state index contributed by atoms with van der Waals surface area (Å²) in [6.07, 6.45) is 0.206. The van der Waals surface area contributed by atoms with E-state index in [1.54, 1.807) is 25.3 Å². The number of methoxy groups -OCH3 is 1. The highest BCUT2D eigenvalue weighted by Crippen LogP contribution is 2.16. The van der Waals surface area contributed by atoms with Gasteiger partial charge in [0.2, 0.25) is 0 Å². The van der Waals surface area contributed by atoms with Crippen molar-refractivity contribution >= 4 is 10.9 Å². The number of rotatable bonds is 2. The number of benzene rings is 1. The van der Waals surface area contributed by atoms with Crippen molar-refractivity contribution in [3.05, 3.63) is 40.2 Å². The first-order valence-corrected chi connectivity index (χ1v) is 4.81. The molecule has 0 bridgehead atoms. The molecule has 0 unspecified atom stereocenters. The van der Waals surface area contributed by atoms with Gasteiger partial charge in [-0.2, -0.15) is 5.26 Å². The Morgan fingerprint density at radius 3 is 2.94 bits per heavy atom. The van der Waals surface area contributed by atoms with Crippen molar-refractivity contribution in [3.8, 4) is 11.8 Å². The van der Waals surface area contributed by atoms with Crippen molar-refractivity contribution in [2.24, 2.45) is 0 Å². The highest BCUT2D eigenvalue weighted by atomic mass is 16.5. The Balaban J connectivity index is 2.67. The molecule has 0 aliphatic rings. The fourth-order valence-electron chi connectivity index (χ4n) is 1.59. The van der Waals surface area contributed by atoms with Gasteiger partial charge < -0.3 is 9.72 Å². The number of pyridine rings is 1. The Morgan fingerprint density at radius 1 is 1.44 bits per heavy atom. The van der Waals surface area contributed by atoms with E-state index in [1.165, 1.54) is 6.07 Å². The summed E-state index contributed by atoms with van der Waals surface area (Å²) >= 11 is 0. The predicted octanol–water partition coefficient (Wildman–Crippen LogP) is 1.60.